The number of thioether (sulfide) groups is 1. The van der Waals surface area contributed by atoms with Crippen LogP contribution in [0.1, 0.15) is 39.5 Å². The fourth-order valence-electron chi connectivity index (χ4n) is 3.05. The number of oxime groups is 1. The molecule has 2 fully saturated rings. The van der Waals surface area contributed by atoms with Crippen LogP contribution in [-0.2, 0) is 23.7 Å². The quantitative estimate of drug-likeness (QED) is 0.463. The van der Waals surface area contributed by atoms with Gasteiger partial charge in [0.2, 0.25) is 0 Å². The van der Waals surface area contributed by atoms with E-state index >= 15 is 0 Å². The minimum atomic E-state index is -0.852. The summed E-state index contributed by atoms with van der Waals surface area (Å²) in [5.74, 6) is 0.348. The van der Waals surface area contributed by atoms with Crippen molar-refractivity contribution in [2.45, 2.75) is 57.7 Å². The van der Waals surface area contributed by atoms with Crippen molar-refractivity contribution in [1.29, 1.82) is 0 Å². The molecule has 8 heteroatoms. The van der Waals surface area contributed by atoms with E-state index in [1.54, 1.807) is 20.8 Å². The maximum Gasteiger partial charge on any atom is 0.311 e. The van der Waals surface area contributed by atoms with Crippen molar-refractivity contribution < 1.29 is 28.9 Å². The van der Waals surface area contributed by atoms with Crippen molar-refractivity contribution >= 4 is 23.4 Å². The van der Waals surface area contributed by atoms with Gasteiger partial charge < -0.3 is 24.2 Å². The van der Waals surface area contributed by atoms with E-state index < -0.39 is 41.4 Å². The molecule has 0 aliphatic carbocycles. The van der Waals surface area contributed by atoms with Gasteiger partial charge in [0.1, 0.15) is 23.4 Å². The van der Waals surface area contributed by atoms with Gasteiger partial charge in [-0.05, 0) is 26.5 Å². The van der Waals surface area contributed by atoms with Gasteiger partial charge in [-0.1, -0.05) is 42.4 Å². The van der Waals surface area contributed by atoms with E-state index in [0.29, 0.717) is 0 Å². The lowest BCUT2D eigenvalue weighted by Gasteiger charge is -2.45. The average molecular weight is 410 g/mol. The Balaban J connectivity index is 1.88. The van der Waals surface area contributed by atoms with E-state index in [1.807, 2.05) is 37.3 Å². The van der Waals surface area contributed by atoms with Gasteiger partial charge in [0.25, 0.3) is 0 Å². The highest BCUT2D eigenvalue weighted by molar-refractivity contribution is 8.00. The van der Waals surface area contributed by atoms with E-state index in [-0.39, 0.29) is 12.3 Å². The first kappa shape index (κ1) is 21.1. The number of carbonyl (C=O) groups excluding carboxylic acids is 1. The van der Waals surface area contributed by atoms with Crippen LogP contribution in [-0.4, -0.2) is 53.0 Å². The molecule has 0 aromatic heterocycles. The zero-order valence-electron chi connectivity index (χ0n) is 16.5. The number of benzene rings is 1. The highest BCUT2D eigenvalue weighted by atomic mass is 32.2. The monoisotopic (exact) mass is 409 g/mol. The van der Waals surface area contributed by atoms with Crippen LogP contribution in [0.15, 0.2) is 35.5 Å². The van der Waals surface area contributed by atoms with Crippen LogP contribution in [0.5, 0.6) is 0 Å². The summed E-state index contributed by atoms with van der Waals surface area (Å²) in [7, 11) is 0. The molecule has 0 radical (unpaired) electrons. The molecule has 154 valence electrons. The lowest BCUT2D eigenvalue weighted by atomic mass is 9.95. The maximum atomic E-state index is 12.6. The molecule has 0 bridgehead atoms. The molecule has 0 spiro atoms. The minimum absolute atomic E-state index is 0.249. The van der Waals surface area contributed by atoms with Gasteiger partial charge in [-0.3, -0.25) is 4.79 Å². The Morgan fingerprint density at radius 1 is 1.29 bits per heavy atom. The Morgan fingerprint density at radius 2 is 2.00 bits per heavy atom. The molecule has 0 unspecified atom stereocenters. The average Bonchev–Trinajstić information content (AvgIpc) is 2.68. The molecule has 2 saturated heterocycles. The van der Waals surface area contributed by atoms with Crippen molar-refractivity contribution in [3.8, 4) is 0 Å². The molecular formula is C20H27NO6S. The Kier molecular flexibility index (Phi) is 6.65. The number of nitrogens with zero attached hydrogens (tertiary/aromatic N) is 1. The summed E-state index contributed by atoms with van der Waals surface area (Å²) in [6.07, 6.45) is -2.54. The molecule has 3 rings (SSSR count). The number of hydrogen-bond donors (Lipinski definition) is 1. The number of rotatable bonds is 4. The van der Waals surface area contributed by atoms with Gasteiger partial charge in [-0.2, -0.15) is 0 Å². The SMILES string of the molecule is CCS[C@H]1O[C@@H]2CO[C@@H](c3ccccc3)O[C@H]2[C@H](OC(=O)C(C)(C)C)/C1=N/O. The number of hydrogen-bond acceptors (Lipinski definition) is 8. The van der Waals surface area contributed by atoms with Gasteiger partial charge in [0.05, 0.1) is 12.0 Å². The van der Waals surface area contributed by atoms with Gasteiger partial charge in [-0.25, -0.2) is 0 Å². The third kappa shape index (κ3) is 4.51. The van der Waals surface area contributed by atoms with Crippen molar-refractivity contribution in [3.63, 3.8) is 0 Å². The highest BCUT2D eigenvalue weighted by Crippen LogP contribution is 2.37. The summed E-state index contributed by atoms with van der Waals surface area (Å²) in [5, 5.41) is 13.1. The Hall–Kier alpha value is -1.61. The van der Waals surface area contributed by atoms with Crippen molar-refractivity contribution in [2.24, 2.45) is 10.6 Å². The molecule has 2 aliphatic heterocycles. The molecule has 1 aromatic carbocycles. The zero-order valence-corrected chi connectivity index (χ0v) is 17.3. The van der Waals surface area contributed by atoms with Gasteiger partial charge in [0, 0.05) is 5.56 Å². The number of carbonyl (C=O) groups is 1. The summed E-state index contributed by atoms with van der Waals surface area (Å²) in [6.45, 7) is 7.59. The summed E-state index contributed by atoms with van der Waals surface area (Å²) in [5.41, 5.74) is -0.130. The van der Waals surface area contributed by atoms with Crippen LogP contribution in [0, 0.1) is 5.41 Å². The zero-order chi connectivity index (χ0) is 20.3. The number of fused-ring (bicyclic) bond motifs is 1. The van der Waals surface area contributed by atoms with Crippen LogP contribution >= 0.6 is 11.8 Å². The molecule has 0 amide bonds. The fourth-order valence-corrected chi connectivity index (χ4v) is 3.92. The van der Waals surface area contributed by atoms with E-state index in [1.165, 1.54) is 11.8 Å². The second-order valence-corrected chi connectivity index (χ2v) is 9.08. The molecule has 28 heavy (non-hydrogen) atoms. The molecule has 2 aliphatic rings. The van der Waals surface area contributed by atoms with Crippen LogP contribution < -0.4 is 0 Å². The molecule has 5 atom stereocenters. The Morgan fingerprint density at radius 3 is 2.61 bits per heavy atom. The third-order valence-electron chi connectivity index (χ3n) is 4.54. The third-order valence-corrected chi connectivity index (χ3v) is 5.53. The number of esters is 1. The molecule has 2 heterocycles. The first-order valence-electron chi connectivity index (χ1n) is 9.37. The topological polar surface area (TPSA) is 86.6 Å². The summed E-state index contributed by atoms with van der Waals surface area (Å²) < 4.78 is 23.8. The van der Waals surface area contributed by atoms with E-state index in [4.69, 9.17) is 18.9 Å². The van der Waals surface area contributed by atoms with E-state index in [9.17, 15) is 10.0 Å². The summed E-state index contributed by atoms with van der Waals surface area (Å²) in [6, 6.07) is 9.52. The molecule has 1 aromatic rings. The van der Waals surface area contributed by atoms with Crippen molar-refractivity contribution in [2.75, 3.05) is 12.4 Å². The largest absolute Gasteiger partial charge is 0.453 e. The van der Waals surface area contributed by atoms with Crippen LogP contribution in [0.4, 0.5) is 0 Å². The van der Waals surface area contributed by atoms with Crippen LogP contribution in [0.2, 0.25) is 0 Å². The first-order chi connectivity index (χ1) is 13.3. The van der Waals surface area contributed by atoms with Gasteiger partial charge >= 0.3 is 5.97 Å². The Bertz CT molecular complexity index is 704. The standard InChI is InChI=1S/C20H27NO6S/c1-5-28-18-14(21-23)16(27-19(22)20(2,3)4)15-13(25-18)11-24-17(26-15)12-9-7-6-8-10-12/h6-10,13,15-18,23H,5,11H2,1-4H3/b21-14-/t13-,15-,16-,17-,18-/m1/s1. The fraction of sp³-hybridized carbons (Fsp3) is 0.600. The van der Waals surface area contributed by atoms with Gasteiger partial charge in [0.15, 0.2) is 12.4 Å². The molecule has 7 nitrogen and oxygen atoms in total. The second-order valence-electron chi connectivity index (χ2n) is 7.74. The van der Waals surface area contributed by atoms with Crippen molar-refractivity contribution in [1.82, 2.24) is 0 Å². The van der Waals surface area contributed by atoms with E-state index in [2.05, 4.69) is 5.16 Å². The maximum absolute atomic E-state index is 12.6. The predicted molar refractivity (Wildman–Crippen MR) is 105 cm³/mol. The Labute approximate surface area is 169 Å². The van der Waals surface area contributed by atoms with E-state index in [0.717, 1.165) is 11.3 Å². The first-order valence-corrected chi connectivity index (χ1v) is 10.4. The molecule has 0 saturated carbocycles. The van der Waals surface area contributed by atoms with Crippen LogP contribution in [0.3, 0.4) is 0 Å². The molecule has 1 N–H and O–H groups in total. The highest BCUT2D eigenvalue weighted by Gasteiger charge is 2.51. The smallest absolute Gasteiger partial charge is 0.311 e. The van der Waals surface area contributed by atoms with Crippen molar-refractivity contribution in [3.05, 3.63) is 35.9 Å². The van der Waals surface area contributed by atoms with Gasteiger partial charge in [-0.15, -0.1) is 11.8 Å². The second kappa shape index (κ2) is 8.82. The lowest BCUT2D eigenvalue weighted by Crippen LogP contribution is -2.60. The minimum Gasteiger partial charge on any atom is -0.453 e. The summed E-state index contributed by atoms with van der Waals surface area (Å²) in [4.78, 5) is 12.6. The van der Waals surface area contributed by atoms with Crippen LogP contribution in [0.25, 0.3) is 0 Å². The normalized spacial score (nSPS) is 32.0. The summed E-state index contributed by atoms with van der Waals surface area (Å²) >= 11 is 1.46. The number of ether oxygens (including phenoxy) is 4. The lowest BCUT2D eigenvalue weighted by molar-refractivity contribution is -0.286. The molecular weight excluding hydrogens is 382 g/mol. The predicted octanol–water partition coefficient (Wildman–Crippen LogP) is 3.37.